The van der Waals surface area contributed by atoms with Crippen molar-refractivity contribution in [1.82, 2.24) is 15.5 Å². The van der Waals surface area contributed by atoms with Gasteiger partial charge in [0.2, 0.25) is 0 Å². The van der Waals surface area contributed by atoms with E-state index in [-0.39, 0.29) is 5.75 Å². The van der Waals surface area contributed by atoms with Crippen molar-refractivity contribution >= 4 is 11.9 Å². The average Bonchev–Trinajstić information content (AvgIpc) is 2.94. The summed E-state index contributed by atoms with van der Waals surface area (Å²) in [4.78, 5) is 11.8. The zero-order valence-corrected chi connectivity index (χ0v) is 14.8. The maximum atomic E-state index is 11.8. The van der Waals surface area contributed by atoms with Crippen molar-refractivity contribution < 1.29 is 19.4 Å². The third kappa shape index (κ3) is 5.68. The van der Waals surface area contributed by atoms with Crippen LogP contribution in [0.2, 0.25) is 0 Å². The van der Waals surface area contributed by atoms with Gasteiger partial charge >= 0.3 is 6.09 Å². The number of nitrogens with one attached hydrogen (secondary N) is 3. The van der Waals surface area contributed by atoms with Crippen molar-refractivity contribution in [2.75, 3.05) is 12.4 Å². The SMILES string of the molecule is COc1ccc(CNCc2cn[nH]c2NC(=O)OC(C)(C)C)c(O)c1. The number of anilines is 1. The number of nitrogens with zero attached hydrogens (tertiary/aromatic N) is 1. The molecule has 0 aliphatic carbocycles. The minimum Gasteiger partial charge on any atom is -0.507 e. The van der Waals surface area contributed by atoms with Gasteiger partial charge in [-0.2, -0.15) is 5.10 Å². The summed E-state index contributed by atoms with van der Waals surface area (Å²) in [6.45, 7) is 6.29. The Hall–Kier alpha value is -2.74. The Bertz CT molecular complexity index is 722. The molecule has 4 N–H and O–H groups in total. The van der Waals surface area contributed by atoms with E-state index >= 15 is 0 Å². The van der Waals surface area contributed by atoms with Crippen molar-refractivity contribution in [3.05, 3.63) is 35.5 Å². The number of aromatic amines is 1. The zero-order valence-electron chi connectivity index (χ0n) is 14.8. The molecule has 136 valence electrons. The van der Waals surface area contributed by atoms with E-state index in [4.69, 9.17) is 9.47 Å². The Kier molecular flexibility index (Phi) is 5.87. The number of aromatic nitrogens is 2. The maximum Gasteiger partial charge on any atom is 0.413 e. The van der Waals surface area contributed by atoms with Crippen LogP contribution in [0.5, 0.6) is 11.5 Å². The van der Waals surface area contributed by atoms with Crippen LogP contribution in [0.25, 0.3) is 0 Å². The van der Waals surface area contributed by atoms with Crippen LogP contribution in [-0.4, -0.2) is 34.1 Å². The normalized spacial score (nSPS) is 11.2. The number of rotatable bonds is 6. The molecule has 1 amide bonds. The van der Waals surface area contributed by atoms with Crippen molar-refractivity contribution in [2.45, 2.75) is 39.5 Å². The molecule has 0 bridgehead atoms. The summed E-state index contributed by atoms with van der Waals surface area (Å²) in [5.74, 6) is 1.23. The summed E-state index contributed by atoms with van der Waals surface area (Å²) in [6.07, 6.45) is 1.07. The van der Waals surface area contributed by atoms with Gasteiger partial charge in [0.1, 0.15) is 22.9 Å². The van der Waals surface area contributed by atoms with Crippen LogP contribution in [-0.2, 0) is 17.8 Å². The first kappa shape index (κ1) is 18.6. The van der Waals surface area contributed by atoms with Gasteiger partial charge in [-0.15, -0.1) is 0 Å². The summed E-state index contributed by atoms with van der Waals surface area (Å²) in [6, 6.07) is 5.13. The summed E-state index contributed by atoms with van der Waals surface area (Å²) >= 11 is 0. The first-order valence-electron chi connectivity index (χ1n) is 7.87. The molecule has 8 nitrogen and oxygen atoms in total. The molecule has 0 saturated heterocycles. The zero-order chi connectivity index (χ0) is 18.4. The molecule has 2 rings (SSSR count). The lowest BCUT2D eigenvalue weighted by molar-refractivity contribution is 0.0635. The van der Waals surface area contributed by atoms with E-state index in [9.17, 15) is 9.90 Å². The van der Waals surface area contributed by atoms with E-state index in [1.165, 1.54) is 0 Å². The minimum absolute atomic E-state index is 0.158. The quantitative estimate of drug-likeness (QED) is 0.639. The smallest absolute Gasteiger partial charge is 0.413 e. The Balaban J connectivity index is 1.90. The van der Waals surface area contributed by atoms with Gasteiger partial charge in [0.15, 0.2) is 0 Å². The molecular weight excluding hydrogens is 324 g/mol. The number of carbonyl (C=O) groups excluding carboxylic acids is 1. The first-order chi connectivity index (χ1) is 11.8. The van der Waals surface area contributed by atoms with E-state index in [1.807, 2.05) is 0 Å². The second-order valence-corrected chi connectivity index (χ2v) is 6.50. The molecule has 0 fully saturated rings. The van der Waals surface area contributed by atoms with Crippen molar-refractivity contribution in [3.8, 4) is 11.5 Å². The van der Waals surface area contributed by atoms with Crippen LogP contribution in [0, 0.1) is 0 Å². The molecule has 0 spiro atoms. The van der Waals surface area contributed by atoms with Gasteiger partial charge in [0, 0.05) is 30.3 Å². The number of aromatic hydroxyl groups is 1. The summed E-state index contributed by atoms with van der Waals surface area (Å²) in [5, 5.41) is 22.4. The fourth-order valence-corrected chi connectivity index (χ4v) is 2.11. The summed E-state index contributed by atoms with van der Waals surface area (Å²) in [5.41, 5.74) is 0.943. The molecule has 0 saturated carbocycles. The third-order valence-electron chi connectivity index (χ3n) is 3.27. The van der Waals surface area contributed by atoms with Crippen LogP contribution in [0.15, 0.2) is 24.4 Å². The Morgan fingerprint density at radius 1 is 1.28 bits per heavy atom. The fraction of sp³-hybridized carbons (Fsp3) is 0.412. The number of hydrogen-bond acceptors (Lipinski definition) is 6. The highest BCUT2D eigenvalue weighted by Gasteiger charge is 2.17. The van der Waals surface area contributed by atoms with E-state index in [1.54, 1.807) is 52.3 Å². The van der Waals surface area contributed by atoms with Crippen molar-refractivity contribution in [1.29, 1.82) is 0 Å². The number of methoxy groups -OCH3 is 1. The standard InChI is InChI=1S/C17H24N4O4/c1-17(2,3)25-16(23)20-15-12(10-19-21-15)9-18-8-11-5-6-13(24-4)7-14(11)22/h5-7,10,18,22H,8-9H2,1-4H3,(H2,19,20,21,23). The second-order valence-electron chi connectivity index (χ2n) is 6.50. The Morgan fingerprint density at radius 2 is 2.00 bits per heavy atom. The molecule has 8 heteroatoms. The molecule has 0 aliphatic heterocycles. The highest BCUT2D eigenvalue weighted by molar-refractivity contribution is 5.84. The van der Waals surface area contributed by atoms with Gasteiger partial charge in [-0.05, 0) is 26.8 Å². The number of amides is 1. The molecule has 0 unspecified atom stereocenters. The van der Waals surface area contributed by atoms with E-state index in [0.29, 0.717) is 24.7 Å². The van der Waals surface area contributed by atoms with Gasteiger partial charge in [0.25, 0.3) is 0 Å². The molecule has 25 heavy (non-hydrogen) atoms. The minimum atomic E-state index is -0.575. The molecule has 1 aromatic heterocycles. The monoisotopic (exact) mass is 348 g/mol. The lowest BCUT2D eigenvalue weighted by atomic mass is 10.2. The maximum absolute atomic E-state index is 11.8. The van der Waals surface area contributed by atoms with Gasteiger partial charge in [-0.25, -0.2) is 4.79 Å². The van der Waals surface area contributed by atoms with Crippen LogP contribution >= 0.6 is 0 Å². The van der Waals surface area contributed by atoms with Gasteiger partial charge in [-0.1, -0.05) is 6.07 Å². The van der Waals surface area contributed by atoms with E-state index < -0.39 is 11.7 Å². The molecule has 1 heterocycles. The van der Waals surface area contributed by atoms with Gasteiger partial charge < -0.3 is 19.9 Å². The molecule has 0 radical (unpaired) electrons. The number of carbonyl (C=O) groups is 1. The lowest BCUT2D eigenvalue weighted by Crippen LogP contribution is -2.27. The highest BCUT2D eigenvalue weighted by Crippen LogP contribution is 2.23. The average molecular weight is 348 g/mol. The largest absolute Gasteiger partial charge is 0.507 e. The fourth-order valence-electron chi connectivity index (χ4n) is 2.11. The topological polar surface area (TPSA) is 108 Å². The van der Waals surface area contributed by atoms with Crippen LogP contribution in [0.3, 0.4) is 0 Å². The van der Waals surface area contributed by atoms with Gasteiger partial charge in [-0.3, -0.25) is 10.4 Å². The predicted molar refractivity (Wildman–Crippen MR) is 93.6 cm³/mol. The number of H-pyrrole nitrogens is 1. The number of phenolic OH excluding ortho intramolecular Hbond substituents is 1. The number of hydrogen-bond donors (Lipinski definition) is 4. The first-order valence-corrected chi connectivity index (χ1v) is 7.87. The molecule has 1 aromatic carbocycles. The molecule has 0 aliphatic rings. The van der Waals surface area contributed by atoms with Crippen LogP contribution < -0.4 is 15.4 Å². The predicted octanol–water partition coefficient (Wildman–Crippen LogP) is 2.76. The molecular formula is C17H24N4O4. The number of benzene rings is 1. The number of phenols is 1. The van der Waals surface area contributed by atoms with Gasteiger partial charge in [0.05, 0.1) is 13.3 Å². The van der Waals surface area contributed by atoms with Crippen LogP contribution in [0.4, 0.5) is 10.6 Å². The van der Waals surface area contributed by atoms with E-state index in [2.05, 4.69) is 20.8 Å². The summed E-state index contributed by atoms with van der Waals surface area (Å²) < 4.78 is 10.3. The Morgan fingerprint density at radius 3 is 2.64 bits per heavy atom. The summed E-state index contributed by atoms with van der Waals surface area (Å²) in [7, 11) is 1.55. The number of ether oxygens (including phenoxy) is 2. The third-order valence-corrected chi connectivity index (χ3v) is 3.27. The van der Waals surface area contributed by atoms with Crippen molar-refractivity contribution in [3.63, 3.8) is 0 Å². The molecule has 0 atom stereocenters. The second kappa shape index (κ2) is 7.89. The highest BCUT2D eigenvalue weighted by atomic mass is 16.6. The van der Waals surface area contributed by atoms with Crippen LogP contribution in [0.1, 0.15) is 31.9 Å². The Labute approximate surface area is 146 Å². The lowest BCUT2D eigenvalue weighted by Gasteiger charge is -2.19. The van der Waals surface area contributed by atoms with E-state index in [0.717, 1.165) is 11.1 Å². The molecule has 2 aromatic rings. The van der Waals surface area contributed by atoms with Crippen molar-refractivity contribution in [2.24, 2.45) is 0 Å².